The number of hydrogen-bond donors (Lipinski definition) is 2. The van der Waals surface area contributed by atoms with Crippen molar-refractivity contribution in [2.75, 3.05) is 10.6 Å². The molecule has 5 nitrogen and oxygen atoms in total. The van der Waals surface area contributed by atoms with Gasteiger partial charge < -0.3 is 10.6 Å². The Morgan fingerprint density at radius 1 is 1.00 bits per heavy atom. The SMILES string of the molecule is N#Cc1ccccc1Nc1ccc(C(=O)Nc2ccc(F)cc2)nc1. The average Bonchev–Trinajstić information content (AvgIpc) is 2.64. The molecule has 3 aromatic rings. The maximum absolute atomic E-state index is 12.9. The van der Waals surface area contributed by atoms with Crippen molar-refractivity contribution in [2.24, 2.45) is 0 Å². The molecule has 1 aromatic heterocycles. The zero-order valence-electron chi connectivity index (χ0n) is 13.0. The summed E-state index contributed by atoms with van der Waals surface area (Å²) in [7, 11) is 0. The number of anilines is 3. The van der Waals surface area contributed by atoms with Crippen LogP contribution >= 0.6 is 0 Å². The monoisotopic (exact) mass is 332 g/mol. The topological polar surface area (TPSA) is 77.8 Å². The predicted molar refractivity (Wildman–Crippen MR) is 93.0 cm³/mol. The fourth-order valence-corrected chi connectivity index (χ4v) is 2.18. The van der Waals surface area contributed by atoms with Crippen molar-refractivity contribution in [1.29, 1.82) is 5.26 Å². The van der Waals surface area contributed by atoms with Gasteiger partial charge in [-0.2, -0.15) is 5.26 Å². The van der Waals surface area contributed by atoms with E-state index in [1.54, 1.807) is 30.3 Å². The van der Waals surface area contributed by atoms with Gasteiger partial charge in [-0.1, -0.05) is 12.1 Å². The van der Waals surface area contributed by atoms with Gasteiger partial charge in [0, 0.05) is 5.69 Å². The van der Waals surface area contributed by atoms with Gasteiger partial charge in [0.25, 0.3) is 5.91 Å². The second kappa shape index (κ2) is 7.23. The van der Waals surface area contributed by atoms with Gasteiger partial charge in [0.15, 0.2) is 0 Å². The predicted octanol–water partition coefficient (Wildman–Crippen LogP) is 4.09. The average molecular weight is 332 g/mol. The van der Waals surface area contributed by atoms with Crippen LogP contribution in [-0.2, 0) is 0 Å². The summed E-state index contributed by atoms with van der Waals surface area (Å²) in [4.78, 5) is 16.3. The van der Waals surface area contributed by atoms with E-state index in [4.69, 9.17) is 5.26 Å². The highest BCUT2D eigenvalue weighted by Gasteiger charge is 2.08. The molecule has 2 N–H and O–H groups in total. The summed E-state index contributed by atoms with van der Waals surface area (Å²) in [6, 6.07) is 17.9. The zero-order valence-corrected chi connectivity index (χ0v) is 13.0. The molecule has 0 aliphatic carbocycles. The van der Waals surface area contributed by atoms with Gasteiger partial charge in [0.2, 0.25) is 0 Å². The fourth-order valence-electron chi connectivity index (χ4n) is 2.18. The standard InChI is InChI=1S/C19H13FN4O/c20-14-5-7-15(8-6-14)24-19(25)18-10-9-16(12-22-18)23-17-4-2-1-3-13(17)11-21/h1-10,12,23H,(H,24,25). The molecule has 6 heteroatoms. The van der Waals surface area contributed by atoms with E-state index < -0.39 is 5.91 Å². The smallest absolute Gasteiger partial charge is 0.274 e. The Labute approximate surface area is 143 Å². The number of carbonyl (C=O) groups is 1. The van der Waals surface area contributed by atoms with Crippen molar-refractivity contribution in [2.45, 2.75) is 0 Å². The molecule has 122 valence electrons. The van der Waals surface area contributed by atoms with E-state index >= 15 is 0 Å². The number of carbonyl (C=O) groups excluding carboxylic acids is 1. The summed E-state index contributed by atoms with van der Waals surface area (Å²) in [5.41, 5.74) is 2.54. The maximum atomic E-state index is 12.9. The molecule has 0 spiro atoms. The lowest BCUT2D eigenvalue weighted by atomic mass is 10.2. The number of nitrogens with zero attached hydrogens (tertiary/aromatic N) is 2. The van der Waals surface area contributed by atoms with Gasteiger partial charge in [-0.05, 0) is 48.5 Å². The molecular formula is C19H13FN4O. The van der Waals surface area contributed by atoms with Crippen LogP contribution in [0, 0.1) is 17.1 Å². The summed E-state index contributed by atoms with van der Waals surface area (Å²) in [6.45, 7) is 0. The molecule has 1 heterocycles. The molecular weight excluding hydrogens is 319 g/mol. The Morgan fingerprint density at radius 3 is 2.40 bits per heavy atom. The van der Waals surface area contributed by atoms with Gasteiger partial charge in [-0.3, -0.25) is 4.79 Å². The number of para-hydroxylation sites is 1. The summed E-state index contributed by atoms with van der Waals surface area (Å²) >= 11 is 0. The molecule has 0 saturated heterocycles. The van der Waals surface area contributed by atoms with Gasteiger partial charge in [0.05, 0.1) is 23.1 Å². The molecule has 0 aliphatic heterocycles. The summed E-state index contributed by atoms with van der Waals surface area (Å²) < 4.78 is 12.9. The van der Waals surface area contributed by atoms with Crippen LogP contribution in [0.4, 0.5) is 21.5 Å². The van der Waals surface area contributed by atoms with Crippen molar-refractivity contribution < 1.29 is 9.18 Å². The second-order valence-corrected chi connectivity index (χ2v) is 5.18. The van der Waals surface area contributed by atoms with E-state index in [2.05, 4.69) is 21.7 Å². The minimum Gasteiger partial charge on any atom is -0.353 e. The highest BCUT2D eigenvalue weighted by Crippen LogP contribution is 2.20. The third kappa shape index (κ3) is 3.98. The van der Waals surface area contributed by atoms with E-state index in [0.29, 0.717) is 22.6 Å². The molecule has 2 aromatic carbocycles. The first-order valence-corrected chi connectivity index (χ1v) is 7.45. The van der Waals surface area contributed by atoms with Crippen molar-refractivity contribution in [3.8, 4) is 6.07 Å². The Bertz CT molecular complexity index is 931. The summed E-state index contributed by atoms with van der Waals surface area (Å²) in [5, 5.41) is 14.8. The highest BCUT2D eigenvalue weighted by atomic mass is 19.1. The van der Waals surface area contributed by atoms with E-state index in [1.165, 1.54) is 30.5 Å². The van der Waals surface area contributed by atoms with Crippen molar-refractivity contribution >= 4 is 23.0 Å². The molecule has 0 atom stereocenters. The number of amides is 1. The minimum absolute atomic E-state index is 0.225. The minimum atomic E-state index is -0.393. The summed E-state index contributed by atoms with van der Waals surface area (Å²) in [6.07, 6.45) is 1.51. The molecule has 25 heavy (non-hydrogen) atoms. The molecule has 0 fully saturated rings. The molecule has 1 amide bonds. The molecule has 3 rings (SSSR count). The Hall–Kier alpha value is -3.72. The lowest BCUT2D eigenvalue weighted by Crippen LogP contribution is -2.13. The number of pyridine rings is 1. The first-order valence-electron chi connectivity index (χ1n) is 7.45. The van der Waals surface area contributed by atoms with Crippen LogP contribution in [-0.4, -0.2) is 10.9 Å². The van der Waals surface area contributed by atoms with Crippen LogP contribution in [0.3, 0.4) is 0 Å². The molecule has 0 radical (unpaired) electrons. The van der Waals surface area contributed by atoms with E-state index in [1.807, 2.05) is 6.07 Å². The number of halogens is 1. The molecule has 0 unspecified atom stereocenters. The number of nitrogens with one attached hydrogen (secondary N) is 2. The zero-order chi connectivity index (χ0) is 17.6. The molecule has 0 bridgehead atoms. The van der Waals surface area contributed by atoms with Crippen molar-refractivity contribution in [3.63, 3.8) is 0 Å². The highest BCUT2D eigenvalue weighted by molar-refractivity contribution is 6.02. The second-order valence-electron chi connectivity index (χ2n) is 5.18. The molecule has 0 aliphatic rings. The van der Waals surface area contributed by atoms with Crippen LogP contribution in [0.1, 0.15) is 16.1 Å². The largest absolute Gasteiger partial charge is 0.353 e. The fraction of sp³-hybridized carbons (Fsp3) is 0. The lowest BCUT2D eigenvalue weighted by Gasteiger charge is -2.09. The maximum Gasteiger partial charge on any atom is 0.274 e. The van der Waals surface area contributed by atoms with Crippen molar-refractivity contribution in [1.82, 2.24) is 4.98 Å². The summed E-state index contributed by atoms with van der Waals surface area (Å²) in [5.74, 6) is -0.764. The van der Waals surface area contributed by atoms with E-state index in [9.17, 15) is 9.18 Å². The number of benzene rings is 2. The normalized spacial score (nSPS) is 9.92. The Kier molecular flexibility index (Phi) is 4.67. The van der Waals surface area contributed by atoms with Crippen LogP contribution in [0.15, 0.2) is 66.9 Å². The van der Waals surface area contributed by atoms with Crippen LogP contribution in [0.2, 0.25) is 0 Å². The third-order valence-corrected chi connectivity index (χ3v) is 3.42. The number of hydrogen-bond acceptors (Lipinski definition) is 4. The lowest BCUT2D eigenvalue weighted by molar-refractivity contribution is 0.102. The third-order valence-electron chi connectivity index (χ3n) is 3.42. The Balaban J connectivity index is 1.70. The van der Waals surface area contributed by atoms with Gasteiger partial charge in [-0.25, -0.2) is 9.37 Å². The Morgan fingerprint density at radius 2 is 1.72 bits per heavy atom. The van der Waals surface area contributed by atoms with Gasteiger partial charge in [-0.15, -0.1) is 0 Å². The van der Waals surface area contributed by atoms with Gasteiger partial charge in [0.1, 0.15) is 17.6 Å². The first kappa shape index (κ1) is 16.1. The first-order chi connectivity index (χ1) is 12.2. The van der Waals surface area contributed by atoms with Crippen LogP contribution in [0.25, 0.3) is 0 Å². The number of aromatic nitrogens is 1. The quantitative estimate of drug-likeness (QED) is 0.754. The van der Waals surface area contributed by atoms with Gasteiger partial charge >= 0.3 is 0 Å². The van der Waals surface area contributed by atoms with Crippen molar-refractivity contribution in [3.05, 3.63) is 83.9 Å². The van der Waals surface area contributed by atoms with E-state index in [0.717, 1.165) is 0 Å². The van der Waals surface area contributed by atoms with Crippen LogP contribution in [0.5, 0.6) is 0 Å². The molecule has 0 saturated carbocycles. The number of nitriles is 1. The number of rotatable bonds is 4. The van der Waals surface area contributed by atoms with E-state index in [-0.39, 0.29) is 11.5 Å². The van der Waals surface area contributed by atoms with Crippen LogP contribution < -0.4 is 10.6 Å².